The van der Waals surface area contributed by atoms with Crippen molar-refractivity contribution in [2.75, 3.05) is 12.4 Å². The number of ether oxygens (including phenoxy) is 1. The number of carbonyl (C=O) groups is 1. The molecule has 0 aliphatic carbocycles. The molecule has 0 saturated heterocycles. The molecule has 172 valence electrons. The van der Waals surface area contributed by atoms with Gasteiger partial charge in [0.25, 0.3) is 11.6 Å². The molecular formula is C23H17N3O7S. The van der Waals surface area contributed by atoms with Crippen LogP contribution < -0.4 is 14.2 Å². The van der Waals surface area contributed by atoms with Crippen LogP contribution in [-0.2, 0) is 14.9 Å². The van der Waals surface area contributed by atoms with Crippen molar-refractivity contribution in [1.82, 2.24) is 0 Å². The van der Waals surface area contributed by atoms with Gasteiger partial charge >= 0.3 is 10.1 Å². The lowest BCUT2D eigenvalue weighted by Crippen LogP contribution is -2.13. The summed E-state index contributed by atoms with van der Waals surface area (Å²) >= 11 is 0. The van der Waals surface area contributed by atoms with Crippen molar-refractivity contribution < 1.29 is 27.1 Å². The predicted octanol–water partition coefficient (Wildman–Crippen LogP) is 3.92. The molecule has 0 aliphatic rings. The van der Waals surface area contributed by atoms with Gasteiger partial charge in [0.2, 0.25) is 0 Å². The molecule has 0 unspecified atom stereocenters. The second kappa shape index (κ2) is 10.3. The van der Waals surface area contributed by atoms with Crippen molar-refractivity contribution in [3.05, 3.63) is 94.0 Å². The molecule has 0 atom stereocenters. The number of benzene rings is 3. The summed E-state index contributed by atoms with van der Waals surface area (Å²) in [7, 11) is -2.79. The number of nitro benzene ring substituents is 1. The first-order valence-electron chi connectivity index (χ1n) is 9.58. The predicted molar refractivity (Wildman–Crippen MR) is 123 cm³/mol. The van der Waals surface area contributed by atoms with Gasteiger partial charge in [-0.15, -0.1) is 0 Å². The molecular weight excluding hydrogens is 462 g/mol. The van der Waals surface area contributed by atoms with Gasteiger partial charge in [0.05, 0.1) is 12.0 Å². The first-order chi connectivity index (χ1) is 16.2. The fourth-order valence-electron chi connectivity index (χ4n) is 2.81. The van der Waals surface area contributed by atoms with Gasteiger partial charge in [-0.3, -0.25) is 14.9 Å². The molecule has 0 aromatic heterocycles. The Bertz CT molecular complexity index is 1410. The largest absolute Gasteiger partial charge is 0.493 e. The molecule has 1 amide bonds. The average molecular weight is 479 g/mol. The quantitative estimate of drug-likeness (QED) is 0.168. The number of amides is 1. The normalized spacial score (nSPS) is 11.2. The number of carbonyl (C=O) groups excluding carboxylic acids is 1. The molecule has 0 radical (unpaired) electrons. The van der Waals surface area contributed by atoms with Crippen molar-refractivity contribution in [3.8, 4) is 17.6 Å². The molecule has 0 aliphatic heterocycles. The van der Waals surface area contributed by atoms with E-state index < -0.39 is 20.9 Å². The van der Waals surface area contributed by atoms with Crippen LogP contribution in [0.3, 0.4) is 0 Å². The first-order valence-corrected chi connectivity index (χ1v) is 11.0. The van der Waals surface area contributed by atoms with Gasteiger partial charge in [0.15, 0.2) is 11.5 Å². The van der Waals surface area contributed by atoms with Gasteiger partial charge in [-0.2, -0.15) is 13.7 Å². The van der Waals surface area contributed by atoms with Crippen LogP contribution in [0.2, 0.25) is 0 Å². The molecule has 0 fully saturated rings. The maximum Gasteiger partial charge on any atom is 0.339 e. The Hall–Kier alpha value is -4.69. The second-order valence-electron chi connectivity index (χ2n) is 6.69. The number of hydrogen-bond donors (Lipinski definition) is 1. The number of methoxy groups -OCH3 is 1. The highest BCUT2D eigenvalue weighted by Gasteiger charge is 2.19. The number of rotatable bonds is 8. The van der Waals surface area contributed by atoms with E-state index in [4.69, 9.17) is 8.92 Å². The van der Waals surface area contributed by atoms with Crippen LogP contribution in [0.1, 0.15) is 5.56 Å². The third-order valence-corrected chi connectivity index (χ3v) is 5.66. The first kappa shape index (κ1) is 24.0. The van der Waals surface area contributed by atoms with Gasteiger partial charge in [-0.05, 0) is 42.0 Å². The molecule has 3 aromatic carbocycles. The maximum absolute atomic E-state index is 12.5. The minimum Gasteiger partial charge on any atom is -0.493 e. The van der Waals surface area contributed by atoms with Crippen LogP contribution >= 0.6 is 0 Å². The number of nitrogens with one attached hydrogen (secondary N) is 1. The Morgan fingerprint density at radius 2 is 1.79 bits per heavy atom. The lowest BCUT2D eigenvalue weighted by atomic mass is 10.1. The summed E-state index contributed by atoms with van der Waals surface area (Å²) in [6.07, 6.45) is 1.25. The summed E-state index contributed by atoms with van der Waals surface area (Å²) in [5, 5.41) is 22.7. The summed E-state index contributed by atoms with van der Waals surface area (Å²) in [5.41, 5.74) is -0.00921. The monoisotopic (exact) mass is 479 g/mol. The lowest BCUT2D eigenvalue weighted by molar-refractivity contribution is -0.384. The van der Waals surface area contributed by atoms with Crippen LogP contribution in [0.5, 0.6) is 11.5 Å². The molecule has 0 heterocycles. The SMILES string of the molecule is COc1cc(/C=C(\C#N)C(=O)Nc2cccc([N+](=O)[O-])c2)ccc1OS(=O)(=O)c1ccccc1. The maximum atomic E-state index is 12.5. The van der Waals surface area contributed by atoms with Crippen molar-refractivity contribution in [2.45, 2.75) is 4.90 Å². The van der Waals surface area contributed by atoms with E-state index in [-0.39, 0.29) is 33.3 Å². The molecule has 10 nitrogen and oxygen atoms in total. The zero-order valence-electron chi connectivity index (χ0n) is 17.7. The van der Waals surface area contributed by atoms with Crippen molar-refractivity contribution in [2.24, 2.45) is 0 Å². The van der Waals surface area contributed by atoms with E-state index in [9.17, 15) is 28.6 Å². The molecule has 0 saturated carbocycles. The lowest BCUT2D eigenvalue weighted by Gasteiger charge is -2.11. The van der Waals surface area contributed by atoms with Crippen LogP contribution in [0, 0.1) is 21.4 Å². The van der Waals surface area contributed by atoms with E-state index in [1.807, 2.05) is 0 Å². The zero-order valence-corrected chi connectivity index (χ0v) is 18.5. The van der Waals surface area contributed by atoms with Crippen LogP contribution in [0.4, 0.5) is 11.4 Å². The van der Waals surface area contributed by atoms with Gasteiger partial charge in [-0.25, -0.2) is 0 Å². The minimum atomic E-state index is -4.10. The van der Waals surface area contributed by atoms with Crippen molar-refractivity contribution >= 4 is 33.5 Å². The third-order valence-electron chi connectivity index (χ3n) is 4.41. The summed E-state index contributed by atoms with van der Waals surface area (Å²) in [6, 6.07) is 18.8. The molecule has 3 rings (SSSR count). The van der Waals surface area contributed by atoms with Crippen molar-refractivity contribution in [3.63, 3.8) is 0 Å². The standard InChI is InChI=1S/C23H17N3O7S/c1-32-22-13-16(10-11-21(22)33-34(30,31)20-8-3-2-4-9-20)12-17(15-24)23(27)25-18-6-5-7-19(14-18)26(28)29/h2-14H,1H3,(H,25,27)/b17-12+. The topological polar surface area (TPSA) is 149 Å². The van der Waals surface area contributed by atoms with Gasteiger partial charge in [-0.1, -0.05) is 30.3 Å². The molecule has 1 N–H and O–H groups in total. The highest BCUT2D eigenvalue weighted by molar-refractivity contribution is 7.87. The number of anilines is 1. The van der Waals surface area contributed by atoms with Gasteiger partial charge in [0, 0.05) is 17.8 Å². The van der Waals surface area contributed by atoms with E-state index in [1.165, 1.54) is 61.7 Å². The van der Waals surface area contributed by atoms with Crippen LogP contribution in [0.25, 0.3) is 6.08 Å². The Labute approximate surface area is 194 Å². The van der Waals surface area contributed by atoms with E-state index in [0.717, 1.165) is 6.07 Å². The van der Waals surface area contributed by atoms with E-state index >= 15 is 0 Å². The smallest absolute Gasteiger partial charge is 0.339 e. The number of nitro groups is 1. The molecule has 3 aromatic rings. The van der Waals surface area contributed by atoms with Crippen LogP contribution in [-0.4, -0.2) is 26.4 Å². The highest BCUT2D eigenvalue weighted by Crippen LogP contribution is 2.31. The van der Waals surface area contributed by atoms with Gasteiger partial charge < -0.3 is 14.2 Å². The fourth-order valence-corrected chi connectivity index (χ4v) is 3.77. The Morgan fingerprint density at radius 3 is 2.44 bits per heavy atom. The average Bonchev–Trinajstić information content (AvgIpc) is 2.83. The molecule has 34 heavy (non-hydrogen) atoms. The Kier molecular flexibility index (Phi) is 7.25. The second-order valence-corrected chi connectivity index (χ2v) is 8.24. The summed E-state index contributed by atoms with van der Waals surface area (Å²) in [6.45, 7) is 0. The third kappa shape index (κ3) is 5.76. The molecule has 11 heteroatoms. The Balaban J connectivity index is 1.84. The number of hydrogen-bond acceptors (Lipinski definition) is 8. The summed E-state index contributed by atoms with van der Waals surface area (Å²) in [5.74, 6) is -0.804. The van der Waals surface area contributed by atoms with E-state index in [1.54, 1.807) is 24.3 Å². The number of nitriles is 1. The fraction of sp³-hybridized carbons (Fsp3) is 0.0435. The van der Waals surface area contributed by atoms with E-state index in [0.29, 0.717) is 5.56 Å². The van der Waals surface area contributed by atoms with E-state index in [2.05, 4.69) is 5.32 Å². The Morgan fingerprint density at radius 1 is 1.06 bits per heavy atom. The number of nitrogens with zero attached hydrogens (tertiary/aromatic N) is 2. The molecule has 0 bridgehead atoms. The molecule has 0 spiro atoms. The summed E-state index contributed by atoms with van der Waals surface area (Å²) < 4.78 is 35.3. The number of non-ortho nitro benzene ring substituents is 1. The zero-order chi connectivity index (χ0) is 24.7. The van der Waals surface area contributed by atoms with Crippen LogP contribution in [0.15, 0.2) is 83.3 Å². The summed E-state index contributed by atoms with van der Waals surface area (Å²) in [4.78, 5) is 22.7. The highest BCUT2D eigenvalue weighted by atomic mass is 32.2. The minimum absolute atomic E-state index is 0.0365. The van der Waals surface area contributed by atoms with Gasteiger partial charge in [0.1, 0.15) is 16.5 Å². The van der Waals surface area contributed by atoms with Crippen molar-refractivity contribution in [1.29, 1.82) is 5.26 Å².